The Hall–Kier alpha value is -0.120. The van der Waals surface area contributed by atoms with Crippen molar-refractivity contribution in [2.45, 2.75) is 63.6 Å². The van der Waals surface area contributed by atoms with Crippen molar-refractivity contribution in [3.8, 4) is 0 Å². The predicted octanol–water partition coefficient (Wildman–Crippen LogP) is 1.33. The molecule has 0 amide bonds. The molecule has 3 nitrogen and oxygen atoms in total. The van der Waals surface area contributed by atoms with E-state index >= 15 is 0 Å². The summed E-state index contributed by atoms with van der Waals surface area (Å²) in [6.07, 6.45) is 7.75. The van der Waals surface area contributed by atoms with Crippen LogP contribution < -0.4 is 11.1 Å². The normalized spacial score (nSPS) is 37.5. The molecular formula is C13H27N3. The smallest absolute Gasteiger partial charge is 0.0198 e. The van der Waals surface area contributed by atoms with Crippen LogP contribution in [0.1, 0.15) is 45.4 Å². The first-order valence-electron chi connectivity index (χ1n) is 7.02. The summed E-state index contributed by atoms with van der Waals surface area (Å²) < 4.78 is 0. The van der Waals surface area contributed by atoms with Crippen molar-refractivity contribution in [1.82, 2.24) is 10.2 Å². The lowest BCUT2D eigenvalue weighted by Gasteiger charge is -2.36. The van der Waals surface area contributed by atoms with Crippen LogP contribution in [0.4, 0.5) is 0 Å². The van der Waals surface area contributed by atoms with Gasteiger partial charge in [0.1, 0.15) is 0 Å². The lowest BCUT2D eigenvalue weighted by atomic mass is 9.90. The highest BCUT2D eigenvalue weighted by atomic mass is 15.2. The number of nitrogens with two attached hydrogens (primary N) is 1. The van der Waals surface area contributed by atoms with Crippen LogP contribution in [0, 0.1) is 0 Å². The number of hydrogen-bond acceptors (Lipinski definition) is 3. The average Bonchev–Trinajstić information content (AvgIpc) is 2.29. The Bertz CT molecular complexity index is 207. The van der Waals surface area contributed by atoms with Crippen molar-refractivity contribution in [3.05, 3.63) is 0 Å². The highest BCUT2D eigenvalue weighted by Gasteiger charge is 2.24. The highest BCUT2D eigenvalue weighted by molar-refractivity contribution is 4.85. The zero-order chi connectivity index (χ0) is 11.4. The van der Waals surface area contributed by atoms with Gasteiger partial charge in [-0.3, -0.25) is 0 Å². The third-order valence-corrected chi connectivity index (χ3v) is 4.14. The van der Waals surface area contributed by atoms with Crippen LogP contribution >= 0.6 is 0 Å². The number of nitrogens with zero attached hydrogens (tertiary/aromatic N) is 1. The molecule has 2 aliphatic rings. The van der Waals surface area contributed by atoms with Crippen LogP contribution in [0.15, 0.2) is 0 Å². The number of nitrogens with one attached hydrogen (secondary N) is 1. The molecule has 0 aromatic heterocycles. The van der Waals surface area contributed by atoms with E-state index in [9.17, 15) is 0 Å². The molecule has 1 heterocycles. The van der Waals surface area contributed by atoms with Crippen LogP contribution in [0.2, 0.25) is 0 Å². The lowest BCUT2D eigenvalue weighted by Crippen LogP contribution is -2.51. The molecule has 2 rings (SSSR count). The van der Waals surface area contributed by atoms with Gasteiger partial charge in [-0.15, -0.1) is 0 Å². The fourth-order valence-electron chi connectivity index (χ4n) is 3.19. The summed E-state index contributed by atoms with van der Waals surface area (Å²) >= 11 is 0. The Labute approximate surface area is 99.8 Å². The third-order valence-electron chi connectivity index (χ3n) is 4.14. The largest absolute Gasteiger partial charge is 0.328 e. The van der Waals surface area contributed by atoms with E-state index in [-0.39, 0.29) is 0 Å². The molecule has 94 valence electrons. The fourth-order valence-corrected chi connectivity index (χ4v) is 3.19. The Morgan fingerprint density at radius 3 is 2.75 bits per heavy atom. The van der Waals surface area contributed by atoms with Gasteiger partial charge in [-0.2, -0.15) is 0 Å². The standard InChI is InChI=1S/C13H27N3/c1-2-16-8-4-7-13(10-16)15-12-6-3-5-11(14)9-12/h11-13,15H,2-10,14H2,1H3. The van der Waals surface area contributed by atoms with E-state index in [0.29, 0.717) is 18.1 Å². The first-order valence-corrected chi connectivity index (χ1v) is 7.02. The van der Waals surface area contributed by atoms with Gasteiger partial charge < -0.3 is 16.0 Å². The molecule has 0 spiro atoms. The summed E-state index contributed by atoms with van der Waals surface area (Å²) in [6, 6.07) is 1.84. The fraction of sp³-hybridized carbons (Fsp3) is 1.00. The molecule has 16 heavy (non-hydrogen) atoms. The van der Waals surface area contributed by atoms with E-state index in [0.717, 1.165) is 0 Å². The molecule has 3 heteroatoms. The topological polar surface area (TPSA) is 41.3 Å². The third kappa shape index (κ3) is 3.44. The first kappa shape index (κ1) is 12.3. The first-order chi connectivity index (χ1) is 7.78. The zero-order valence-corrected chi connectivity index (χ0v) is 10.6. The summed E-state index contributed by atoms with van der Waals surface area (Å²) in [5.41, 5.74) is 6.03. The Morgan fingerprint density at radius 2 is 2.00 bits per heavy atom. The number of likely N-dealkylation sites (N-methyl/N-ethyl adjacent to an activating group) is 1. The number of piperidine rings is 1. The quantitative estimate of drug-likeness (QED) is 0.761. The van der Waals surface area contributed by atoms with E-state index in [2.05, 4.69) is 17.1 Å². The van der Waals surface area contributed by atoms with Gasteiger partial charge in [0, 0.05) is 24.7 Å². The van der Waals surface area contributed by atoms with Gasteiger partial charge in [0.15, 0.2) is 0 Å². The lowest BCUT2D eigenvalue weighted by molar-refractivity contribution is 0.180. The molecule has 2 fully saturated rings. The van der Waals surface area contributed by atoms with E-state index in [1.165, 1.54) is 58.2 Å². The minimum atomic E-state index is 0.442. The van der Waals surface area contributed by atoms with Gasteiger partial charge in [-0.25, -0.2) is 0 Å². The van der Waals surface area contributed by atoms with Crippen molar-refractivity contribution < 1.29 is 0 Å². The van der Waals surface area contributed by atoms with Crippen molar-refractivity contribution >= 4 is 0 Å². The van der Waals surface area contributed by atoms with Crippen molar-refractivity contribution in [2.75, 3.05) is 19.6 Å². The van der Waals surface area contributed by atoms with E-state index < -0.39 is 0 Å². The predicted molar refractivity (Wildman–Crippen MR) is 68.5 cm³/mol. The summed E-state index contributed by atoms with van der Waals surface area (Å²) in [6.45, 7) is 5.99. The Kier molecular flexibility index (Phi) is 4.62. The van der Waals surface area contributed by atoms with Crippen LogP contribution in [0.25, 0.3) is 0 Å². The molecule has 1 saturated heterocycles. The summed E-state index contributed by atoms with van der Waals surface area (Å²) in [4.78, 5) is 2.56. The SMILES string of the molecule is CCN1CCCC(NC2CCCC(N)C2)C1. The minimum Gasteiger partial charge on any atom is -0.328 e. The number of likely N-dealkylation sites (tertiary alicyclic amines) is 1. The van der Waals surface area contributed by atoms with E-state index in [1.807, 2.05) is 0 Å². The summed E-state index contributed by atoms with van der Waals surface area (Å²) in [7, 11) is 0. The molecule has 0 aromatic carbocycles. The van der Waals surface area contributed by atoms with E-state index in [1.54, 1.807) is 0 Å². The molecule has 1 aliphatic carbocycles. The average molecular weight is 225 g/mol. The van der Waals surface area contributed by atoms with Crippen LogP contribution in [-0.2, 0) is 0 Å². The maximum Gasteiger partial charge on any atom is 0.0198 e. The van der Waals surface area contributed by atoms with Gasteiger partial charge in [0.25, 0.3) is 0 Å². The number of hydrogen-bond donors (Lipinski definition) is 2. The van der Waals surface area contributed by atoms with Crippen molar-refractivity contribution in [1.29, 1.82) is 0 Å². The number of rotatable bonds is 3. The molecule has 3 N–H and O–H groups in total. The Morgan fingerprint density at radius 1 is 1.19 bits per heavy atom. The monoisotopic (exact) mass is 225 g/mol. The maximum absolute atomic E-state index is 6.03. The van der Waals surface area contributed by atoms with Crippen molar-refractivity contribution in [3.63, 3.8) is 0 Å². The second-order valence-corrected chi connectivity index (χ2v) is 5.52. The van der Waals surface area contributed by atoms with E-state index in [4.69, 9.17) is 5.73 Å². The molecule has 1 aliphatic heterocycles. The van der Waals surface area contributed by atoms with Crippen LogP contribution in [0.3, 0.4) is 0 Å². The van der Waals surface area contributed by atoms with Gasteiger partial charge in [0.2, 0.25) is 0 Å². The van der Waals surface area contributed by atoms with Gasteiger partial charge in [0.05, 0.1) is 0 Å². The van der Waals surface area contributed by atoms with Gasteiger partial charge in [-0.1, -0.05) is 13.3 Å². The summed E-state index contributed by atoms with van der Waals surface area (Å²) in [5, 5.41) is 3.83. The molecular weight excluding hydrogens is 198 g/mol. The Balaban J connectivity index is 1.75. The minimum absolute atomic E-state index is 0.442. The second-order valence-electron chi connectivity index (χ2n) is 5.52. The second kappa shape index (κ2) is 5.99. The molecule has 0 bridgehead atoms. The maximum atomic E-state index is 6.03. The molecule has 3 atom stereocenters. The highest BCUT2D eigenvalue weighted by Crippen LogP contribution is 2.19. The molecule has 0 radical (unpaired) electrons. The molecule has 0 aromatic rings. The summed E-state index contributed by atoms with van der Waals surface area (Å²) in [5.74, 6) is 0. The van der Waals surface area contributed by atoms with Crippen molar-refractivity contribution in [2.24, 2.45) is 5.73 Å². The van der Waals surface area contributed by atoms with Crippen LogP contribution in [-0.4, -0.2) is 42.7 Å². The van der Waals surface area contributed by atoms with Crippen LogP contribution in [0.5, 0.6) is 0 Å². The van der Waals surface area contributed by atoms with Gasteiger partial charge in [-0.05, 0) is 45.2 Å². The van der Waals surface area contributed by atoms with Gasteiger partial charge >= 0.3 is 0 Å². The molecule has 3 unspecified atom stereocenters. The zero-order valence-electron chi connectivity index (χ0n) is 10.6. The molecule has 1 saturated carbocycles.